The Kier molecular flexibility index (Phi) is 5.96. The zero-order valence-corrected chi connectivity index (χ0v) is 14.9. The monoisotopic (exact) mass is 405 g/mol. The Morgan fingerprint density at radius 3 is 2.55 bits per heavy atom. The number of ether oxygens (including phenoxy) is 1. The van der Waals surface area contributed by atoms with Gasteiger partial charge in [-0.3, -0.25) is 4.79 Å². The fourth-order valence-corrected chi connectivity index (χ4v) is 2.47. The van der Waals surface area contributed by atoms with Crippen LogP contribution < -0.4 is 10.1 Å². The van der Waals surface area contributed by atoms with Crippen molar-refractivity contribution in [3.63, 3.8) is 0 Å². The molecule has 9 heteroatoms. The number of rotatable bonds is 6. The number of hydrogen-bond acceptors (Lipinski definition) is 3. The predicted octanol–water partition coefficient (Wildman–Crippen LogP) is 4.24. The summed E-state index contributed by atoms with van der Waals surface area (Å²) in [6.45, 7) is 0.114. The Morgan fingerprint density at radius 2 is 1.93 bits per heavy atom. The third-order valence-corrected chi connectivity index (χ3v) is 3.80. The van der Waals surface area contributed by atoms with Gasteiger partial charge in [-0.1, -0.05) is 18.2 Å². The normalized spacial score (nSPS) is 11.6. The number of amides is 1. The molecule has 2 aromatic carbocycles. The van der Waals surface area contributed by atoms with Gasteiger partial charge in [0.2, 0.25) is 5.91 Å². The number of carbonyl (C=O) groups excluding carboxylic acids is 1. The first kappa shape index (κ1) is 20.1. The SMILES string of the molecule is O=C(/C=C/c1ccc(OC(F)(F)F)cc1)NCc1ccc(-n2ccnc2)c(F)c1. The second kappa shape index (κ2) is 8.59. The van der Waals surface area contributed by atoms with Crippen molar-refractivity contribution in [3.8, 4) is 11.4 Å². The van der Waals surface area contributed by atoms with Gasteiger partial charge in [0.05, 0.1) is 12.0 Å². The van der Waals surface area contributed by atoms with Crippen molar-refractivity contribution in [1.82, 2.24) is 14.9 Å². The van der Waals surface area contributed by atoms with Crippen molar-refractivity contribution in [2.75, 3.05) is 0 Å². The highest BCUT2D eigenvalue weighted by Crippen LogP contribution is 2.23. The Morgan fingerprint density at radius 1 is 1.17 bits per heavy atom. The van der Waals surface area contributed by atoms with E-state index < -0.39 is 18.1 Å². The van der Waals surface area contributed by atoms with Crippen LogP contribution in [0.3, 0.4) is 0 Å². The number of benzene rings is 2. The predicted molar refractivity (Wildman–Crippen MR) is 97.5 cm³/mol. The molecule has 1 heterocycles. The van der Waals surface area contributed by atoms with E-state index in [0.29, 0.717) is 16.8 Å². The Labute approximate surface area is 163 Å². The van der Waals surface area contributed by atoms with Crippen LogP contribution in [0.5, 0.6) is 5.75 Å². The van der Waals surface area contributed by atoms with E-state index in [0.717, 1.165) is 12.1 Å². The first-order valence-electron chi connectivity index (χ1n) is 8.39. The summed E-state index contributed by atoms with van der Waals surface area (Å²) < 4.78 is 55.9. The van der Waals surface area contributed by atoms with Crippen LogP contribution in [-0.4, -0.2) is 21.8 Å². The van der Waals surface area contributed by atoms with Crippen molar-refractivity contribution in [1.29, 1.82) is 0 Å². The fourth-order valence-electron chi connectivity index (χ4n) is 2.47. The highest BCUT2D eigenvalue weighted by molar-refractivity contribution is 5.91. The first-order chi connectivity index (χ1) is 13.8. The summed E-state index contributed by atoms with van der Waals surface area (Å²) in [5.74, 6) is -1.23. The molecule has 1 aromatic heterocycles. The van der Waals surface area contributed by atoms with E-state index in [4.69, 9.17) is 0 Å². The third-order valence-electron chi connectivity index (χ3n) is 3.80. The molecule has 0 aliphatic carbocycles. The minimum Gasteiger partial charge on any atom is -0.406 e. The highest BCUT2D eigenvalue weighted by atomic mass is 19.4. The molecule has 3 rings (SSSR count). The smallest absolute Gasteiger partial charge is 0.406 e. The number of hydrogen-bond donors (Lipinski definition) is 1. The van der Waals surface area contributed by atoms with E-state index >= 15 is 0 Å². The molecule has 1 amide bonds. The topological polar surface area (TPSA) is 56.1 Å². The van der Waals surface area contributed by atoms with Gasteiger partial charge in [-0.25, -0.2) is 9.37 Å². The lowest BCUT2D eigenvalue weighted by Gasteiger charge is -2.08. The fraction of sp³-hybridized carbons (Fsp3) is 0.100. The number of alkyl halides is 3. The molecular formula is C20H15F4N3O2. The standard InChI is InChI=1S/C20H15F4N3O2/c21-17-11-15(3-7-18(17)27-10-9-25-13-27)12-26-19(28)8-4-14-1-5-16(6-2-14)29-20(22,23)24/h1-11,13H,12H2,(H,26,28)/b8-4+. The van der Waals surface area contributed by atoms with E-state index in [1.165, 1.54) is 47.4 Å². The zero-order valence-electron chi connectivity index (χ0n) is 14.9. The molecule has 0 fully saturated rings. The van der Waals surface area contributed by atoms with E-state index in [1.807, 2.05) is 0 Å². The summed E-state index contributed by atoms with van der Waals surface area (Å²) in [6, 6.07) is 9.65. The summed E-state index contributed by atoms with van der Waals surface area (Å²) in [4.78, 5) is 15.8. The second-order valence-corrected chi connectivity index (χ2v) is 5.92. The summed E-state index contributed by atoms with van der Waals surface area (Å²) in [5.41, 5.74) is 1.43. The van der Waals surface area contributed by atoms with Crippen molar-refractivity contribution >= 4 is 12.0 Å². The molecule has 3 aromatic rings. The molecular weight excluding hydrogens is 390 g/mol. The van der Waals surface area contributed by atoms with Gasteiger partial charge in [0, 0.05) is 25.0 Å². The van der Waals surface area contributed by atoms with Gasteiger partial charge in [0.15, 0.2) is 0 Å². The van der Waals surface area contributed by atoms with Gasteiger partial charge in [0.25, 0.3) is 0 Å². The zero-order chi connectivity index (χ0) is 20.9. The maximum Gasteiger partial charge on any atom is 0.573 e. The van der Waals surface area contributed by atoms with Gasteiger partial charge in [-0.15, -0.1) is 13.2 Å². The summed E-state index contributed by atoms with van der Waals surface area (Å²) in [7, 11) is 0. The van der Waals surface area contributed by atoms with Gasteiger partial charge in [0.1, 0.15) is 11.6 Å². The van der Waals surface area contributed by atoms with Crippen LogP contribution in [0.25, 0.3) is 11.8 Å². The third kappa shape index (κ3) is 5.93. The molecule has 1 N–H and O–H groups in total. The molecule has 5 nitrogen and oxygen atoms in total. The number of carbonyl (C=O) groups is 1. The molecule has 0 radical (unpaired) electrons. The van der Waals surface area contributed by atoms with Gasteiger partial charge in [-0.05, 0) is 41.5 Å². The average molecular weight is 405 g/mol. The first-order valence-corrected chi connectivity index (χ1v) is 8.39. The van der Waals surface area contributed by atoms with E-state index in [9.17, 15) is 22.4 Å². The van der Waals surface area contributed by atoms with Crippen molar-refractivity contribution in [2.24, 2.45) is 0 Å². The minimum atomic E-state index is -4.76. The molecule has 150 valence electrons. The summed E-state index contributed by atoms with van der Waals surface area (Å²) >= 11 is 0. The average Bonchev–Trinajstić information content (AvgIpc) is 3.19. The molecule has 0 unspecified atom stereocenters. The minimum absolute atomic E-state index is 0.114. The summed E-state index contributed by atoms with van der Waals surface area (Å²) in [5, 5.41) is 2.61. The van der Waals surface area contributed by atoms with Crippen LogP contribution in [0.4, 0.5) is 17.6 Å². The molecule has 0 atom stereocenters. The maximum atomic E-state index is 14.2. The van der Waals surface area contributed by atoms with Gasteiger partial charge >= 0.3 is 6.36 Å². The van der Waals surface area contributed by atoms with E-state index in [-0.39, 0.29) is 12.3 Å². The van der Waals surface area contributed by atoms with Crippen LogP contribution in [0.2, 0.25) is 0 Å². The lowest BCUT2D eigenvalue weighted by Crippen LogP contribution is -2.20. The van der Waals surface area contributed by atoms with E-state index in [2.05, 4.69) is 15.0 Å². The lowest BCUT2D eigenvalue weighted by molar-refractivity contribution is -0.274. The molecule has 0 spiro atoms. The largest absolute Gasteiger partial charge is 0.573 e. The Balaban J connectivity index is 1.54. The van der Waals surface area contributed by atoms with Gasteiger partial charge in [-0.2, -0.15) is 0 Å². The molecule has 29 heavy (non-hydrogen) atoms. The Hall–Kier alpha value is -3.62. The molecule has 0 aliphatic heterocycles. The van der Waals surface area contributed by atoms with Crippen LogP contribution >= 0.6 is 0 Å². The van der Waals surface area contributed by atoms with Crippen LogP contribution in [0, 0.1) is 5.82 Å². The van der Waals surface area contributed by atoms with Crippen LogP contribution in [0.1, 0.15) is 11.1 Å². The highest BCUT2D eigenvalue weighted by Gasteiger charge is 2.30. The van der Waals surface area contributed by atoms with Gasteiger partial charge < -0.3 is 14.6 Å². The van der Waals surface area contributed by atoms with Crippen LogP contribution in [-0.2, 0) is 11.3 Å². The van der Waals surface area contributed by atoms with Crippen molar-refractivity contribution in [2.45, 2.75) is 12.9 Å². The van der Waals surface area contributed by atoms with Crippen molar-refractivity contribution in [3.05, 3.63) is 84.2 Å². The number of aromatic nitrogens is 2. The Bertz CT molecular complexity index is 998. The number of imidazole rings is 1. The number of nitrogens with one attached hydrogen (secondary N) is 1. The molecule has 0 bridgehead atoms. The van der Waals surface area contributed by atoms with E-state index in [1.54, 1.807) is 18.3 Å². The van der Waals surface area contributed by atoms with Crippen molar-refractivity contribution < 1.29 is 27.1 Å². The number of halogens is 4. The maximum absolute atomic E-state index is 14.2. The quantitative estimate of drug-likeness (QED) is 0.493. The number of nitrogens with zero attached hydrogens (tertiary/aromatic N) is 2. The van der Waals surface area contributed by atoms with Crippen LogP contribution in [0.15, 0.2) is 67.3 Å². The molecule has 0 aliphatic rings. The lowest BCUT2D eigenvalue weighted by atomic mass is 10.2. The molecule has 0 saturated carbocycles. The summed E-state index contributed by atoms with van der Waals surface area (Å²) in [6.07, 6.45) is 2.55. The second-order valence-electron chi connectivity index (χ2n) is 5.92. The molecule has 0 saturated heterocycles.